The van der Waals surface area contributed by atoms with Gasteiger partial charge in [-0.1, -0.05) is 148 Å². The number of benzene rings is 1. The van der Waals surface area contributed by atoms with Crippen LogP contribution >= 0.6 is 0 Å². The second-order valence-corrected chi connectivity index (χ2v) is 15.2. The van der Waals surface area contributed by atoms with E-state index < -0.39 is 5.79 Å². The van der Waals surface area contributed by atoms with Crippen molar-refractivity contribution in [3.63, 3.8) is 0 Å². The zero-order valence-electron chi connectivity index (χ0n) is 31.5. The van der Waals surface area contributed by atoms with Crippen LogP contribution in [0.3, 0.4) is 0 Å². The Labute approximate surface area is 289 Å². The molecule has 0 bridgehead atoms. The van der Waals surface area contributed by atoms with Gasteiger partial charge in [0.15, 0.2) is 5.79 Å². The Balaban J connectivity index is 1.35. The number of unbranched alkanes of at least 4 members (excludes halogenated alkanes) is 14. The Bertz CT molecular complexity index is 1000. The number of nitrogens with zero attached hydrogens (tertiary/aromatic N) is 1. The van der Waals surface area contributed by atoms with Crippen LogP contribution in [0.5, 0.6) is 0 Å². The molecule has 6 atom stereocenters. The average molecular weight is 658 g/mol. The van der Waals surface area contributed by atoms with Gasteiger partial charge in [-0.05, 0) is 45.6 Å². The molecule has 2 aliphatic rings. The fraction of sp³-hybridized carbons (Fsp3) is 0.829. The summed E-state index contributed by atoms with van der Waals surface area (Å²) in [5.41, 5.74) is 0.557. The van der Waals surface area contributed by atoms with Crippen LogP contribution in [0.15, 0.2) is 30.3 Å². The first kappa shape index (κ1) is 40.0. The monoisotopic (exact) mass is 658 g/mol. The maximum atomic E-state index is 12.6. The molecule has 0 amide bonds. The van der Waals surface area contributed by atoms with E-state index in [1.54, 1.807) is 0 Å². The summed E-state index contributed by atoms with van der Waals surface area (Å²) < 4.78 is 19.0. The summed E-state index contributed by atoms with van der Waals surface area (Å²) in [6.07, 6.45) is 22.4. The molecule has 2 fully saturated rings. The van der Waals surface area contributed by atoms with Crippen molar-refractivity contribution >= 4 is 5.97 Å². The fourth-order valence-electron chi connectivity index (χ4n) is 7.82. The van der Waals surface area contributed by atoms with E-state index in [-0.39, 0.29) is 41.8 Å². The molecule has 2 heterocycles. The van der Waals surface area contributed by atoms with Crippen molar-refractivity contribution in [1.82, 2.24) is 5.06 Å². The molecule has 2 aliphatic heterocycles. The van der Waals surface area contributed by atoms with Gasteiger partial charge in [0.25, 0.3) is 0 Å². The lowest BCUT2D eigenvalue weighted by molar-refractivity contribution is -0.380. The Morgan fingerprint density at radius 3 is 1.94 bits per heavy atom. The maximum Gasteiger partial charge on any atom is 0.305 e. The lowest BCUT2D eigenvalue weighted by Gasteiger charge is -2.62. The Hall–Kier alpha value is -1.47. The van der Waals surface area contributed by atoms with Gasteiger partial charge in [0, 0.05) is 24.3 Å². The molecular formula is C41H71NO5. The Kier molecular flexibility index (Phi) is 17.2. The van der Waals surface area contributed by atoms with E-state index in [4.69, 9.17) is 19.0 Å². The van der Waals surface area contributed by atoms with Crippen molar-refractivity contribution in [2.45, 2.75) is 200 Å². The minimum Gasteiger partial charge on any atom is -0.463 e. The summed E-state index contributed by atoms with van der Waals surface area (Å²) in [5, 5.41) is 2.27. The largest absolute Gasteiger partial charge is 0.463 e. The standard InChI is InChI=1S/C41H71NO5/c1-8-11-12-13-14-15-16-17-18-19-20-21-22-23-27-30-38(43)44-31-37-32-45-41(46-37)33-39(6,9-2)42(40(7,10-3)35(41)5)47-34(4)36-28-25-24-26-29-36/h24-26,28-29,34-35,37H,8-23,27,30-33H2,1-7H3. The van der Waals surface area contributed by atoms with E-state index in [2.05, 4.69) is 77.8 Å². The van der Waals surface area contributed by atoms with Gasteiger partial charge < -0.3 is 14.2 Å². The van der Waals surface area contributed by atoms with Gasteiger partial charge in [0.2, 0.25) is 0 Å². The van der Waals surface area contributed by atoms with Crippen molar-refractivity contribution in [3.8, 4) is 0 Å². The third-order valence-corrected chi connectivity index (χ3v) is 11.5. The van der Waals surface area contributed by atoms with Crippen LogP contribution in [0.2, 0.25) is 0 Å². The highest BCUT2D eigenvalue weighted by atomic mass is 16.8. The van der Waals surface area contributed by atoms with Crippen LogP contribution in [0, 0.1) is 5.92 Å². The second-order valence-electron chi connectivity index (χ2n) is 15.2. The average Bonchev–Trinajstić information content (AvgIpc) is 3.49. The van der Waals surface area contributed by atoms with Crippen molar-refractivity contribution in [2.75, 3.05) is 13.2 Å². The van der Waals surface area contributed by atoms with Crippen LogP contribution < -0.4 is 0 Å². The smallest absolute Gasteiger partial charge is 0.305 e. The third-order valence-electron chi connectivity index (χ3n) is 11.5. The van der Waals surface area contributed by atoms with E-state index in [0.29, 0.717) is 19.4 Å². The highest BCUT2D eigenvalue weighted by Crippen LogP contribution is 2.54. The van der Waals surface area contributed by atoms with Crippen LogP contribution in [-0.2, 0) is 23.8 Å². The number of carbonyl (C=O) groups excluding carboxylic acids is 1. The van der Waals surface area contributed by atoms with Crippen molar-refractivity contribution in [3.05, 3.63) is 35.9 Å². The number of hydroxylamine groups is 2. The fourth-order valence-corrected chi connectivity index (χ4v) is 7.82. The molecule has 6 nitrogen and oxygen atoms in total. The highest BCUT2D eigenvalue weighted by molar-refractivity contribution is 5.69. The van der Waals surface area contributed by atoms with Gasteiger partial charge in [0.05, 0.1) is 12.1 Å². The van der Waals surface area contributed by atoms with Gasteiger partial charge >= 0.3 is 5.97 Å². The number of piperidine rings is 1. The molecule has 2 saturated heterocycles. The molecule has 1 aromatic carbocycles. The van der Waals surface area contributed by atoms with Gasteiger partial charge in [-0.25, -0.2) is 0 Å². The highest BCUT2D eigenvalue weighted by Gasteiger charge is 2.64. The molecule has 0 N–H and O–H groups in total. The molecule has 3 rings (SSSR count). The number of carbonyl (C=O) groups is 1. The number of hydrogen-bond donors (Lipinski definition) is 0. The minimum absolute atomic E-state index is 0.0450. The van der Waals surface area contributed by atoms with E-state index in [9.17, 15) is 4.79 Å². The predicted molar refractivity (Wildman–Crippen MR) is 193 cm³/mol. The molecule has 1 spiro atoms. The number of rotatable bonds is 23. The van der Waals surface area contributed by atoms with E-state index >= 15 is 0 Å². The van der Waals surface area contributed by atoms with Crippen LogP contribution in [0.25, 0.3) is 0 Å². The van der Waals surface area contributed by atoms with Crippen LogP contribution in [0.4, 0.5) is 0 Å². The molecular weight excluding hydrogens is 586 g/mol. The minimum atomic E-state index is -0.739. The van der Waals surface area contributed by atoms with E-state index in [0.717, 1.165) is 31.2 Å². The number of esters is 1. The van der Waals surface area contributed by atoms with Gasteiger partial charge in [-0.2, -0.15) is 5.06 Å². The zero-order valence-corrected chi connectivity index (χ0v) is 31.5. The molecule has 270 valence electrons. The SMILES string of the molecule is CCCCCCCCCCCCCCCCCC(=O)OCC1COC2(CC(C)(CC)N(OC(C)c3ccccc3)C(C)(CC)C2C)O1. The topological polar surface area (TPSA) is 57.2 Å². The molecule has 0 aromatic heterocycles. The Morgan fingerprint density at radius 1 is 0.851 bits per heavy atom. The summed E-state index contributed by atoms with van der Waals surface area (Å²) in [4.78, 5) is 19.4. The Morgan fingerprint density at radius 2 is 1.40 bits per heavy atom. The van der Waals surface area contributed by atoms with Crippen molar-refractivity contribution in [1.29, 1.82) is 0 Å². The van der Waals surface area contributed by atoms with Crippen molar-refractivity contribution < 1.29 is 23.8 Å². The molecule has 0 aliphatic carbocycles. The molecule has 0 saturated carbocycles. The quantitative estimate of drug-likeness (QED) is 0.0862. The summed E-state index contributed by atoms with van der Waals surface area (Å²) in [5.74, 6) is -0.813. The second kappa shape index (κ2) is 20.3. The molecule has 47 heavy (non-hydrogen) atoms. The number of ether oxygens (including phenoxy) is 3. The maximum absolute atomic E-state index is 12.6. The zero-order chi connectivity index (χ0) is 34.2. The summed E-state index contributed by atoms with van der Waals surface area (Å²) in [7, 11) is 0. The molecule has 1 aromatic rings. The predicted octanol–water partition coefficient (Wildman–Crippen LogP) is 11.3. The summed E-state index contributed by atoms with van der Waals surface area (Å²) >= 11 is 0. The van der Waals surface area contributed by atoms with Crippen LogP contribution in [-0.4, -0.2) is 47.2 Å². The first-order valence-corrected chi connectivity index (χ1v) is 19.6. The van der Waals surface area contributed by atoms with Gasteiger partial charge in [0.1, 0.15) is 18.8 Å². The lowest BCUT2D eigenvalue weighted by atomic mass is 9.67. The van der Waals surface area contributed by atoms with Crippen molar-refractivity contribution in [2.24, 2.45) is 5.92 Å². The van der Waals surface area contributed by atoms with E-state index in [1.807, 2.05) is 6.07 Å². The van der Waals surface area contributed by atoms with E-state index in [1.165, 1.54) is 83.5 Å². The normalized spacial score (nSPS) is 28.6. The third kappa shape index (κ3) is 11.5. The molecule has 0 radical (unpaired) electrons. The lowest BCUT2D eigenvalue weighted by Crippen LogP contribution is -2.71. The number of hydrogen-bond acceptors (Lipinski definition) is 6. The van der Waals surface area contributed by atoms with Gasteiger partial charge in [-0.3, -0.25) is 9.63 Å². The first-order chi connectivity index (χ1) is 22.6. The summed E-state index contributed by atoms with van der Waals surface area (Å²) in [6.45, 7) is 16.3. The summed E-state index contributed by atoms with van der Waals surface area (Å²) in [6, 6.07) is 10.4. The molecule has 6 unspecified atom stereocenters. The first-order valence-electron chi connectivity index (χ1n) is 19.6. The molecule has 6 heteroatoms. The van der Waals surface area contributed by atoms with Crippen LogP contribution in [0.1, 0.15) is 182 Å². The van der Waals surface area contributed by atoms with Gasteiger partial charge in [-0.15, -0.1) is 0 Å².